The third kappa shape index (κ3) is 1.87. The second-order valence-electron chi connectivity index (χ2n) is 3.68. The molecule has 0 spiro atoms. The Labute approximate surface area is 88.3 Å². The van der Waals surface area contributed by atoms with Crippen LogP contribution in [0.25, 0.3) is 0 Å². The van der Waals surface area contributed by atoms with Crippen molar-refractivity contribution in [3.05, 3.63) is 17.5 Å². The minimum Gasteiger partial charge on any atom is -0.544 e. The molecule has 2 aliphatic rings. The highest BCUT2D eigenvalue weighted by Gasteiger charge is 2.57. The Morgan fingerprint density at radius 3 is 2.67 bits per heavy atom. The van der Waals surface area contributed by atoms with Gasteiger partial charge in [0.25, 0.3) is 5.95 Å². The monoisotopic (exact) mass is 200 g/mol. The predicted octanol–water partition coefficient (Wildman–Crippen LogP) is 0.199. The van der Waals surface area contributed by atoms with Crippen molar-refractivity contribution < 1.29 is 9.31 Å². The van der Waals surface area contributed by atoms with Crippen LogP contribution >= 0.6 is 0 Å². The molecule has 1 aromatic rings. The average Bonchev–Trinajstić information content (AvgIpc) is 2.93. The van der Waals surface area contributed by atoms with E-state index in [1.165, 1.54) is 0 Å². The highest BCUT2D eigenvalue weighted by atomic mass is 16.6. The molecule has 0 bridgehead atoms. The van der Waals surface area contributed by atoms with Crippen LogP contribution in [0.15, 0.2) is 11.1 Å². The molecule has 15 heavy (non-hydrogen) atoms. The number of aryl methyl sites for hydroxylation is 2. The number of rotatable bonds is 2. The first-order valence-electron chi connectivity index (χ1n) is 4.79. The van der Waals surface area contributed by atoms with Gasteiger partial charge in [0.2, 0.25) is 0 Å². The lowest BCUT2D eigenvalue weighted by Crippen LogP contribution is -2.04. The molecule has 5 nitrogen and oxygen atoms in total. The molecular weight excluding hydrogens is 192 g/mol. The first kappa shape index (κ1) is 8.91. The molecule has 7 heteroatoms. The van der Waals surface area contributed by atoms with Crippen molar-refractivity contribution in [1.29, 1.82) is 0 Å². The van der Waals surface area contributed by atoms with E-state index in [4.69, 9.17) is 9.31 Å². The Balaban J connectivity index is 1.82. The van der Waals surface area contributed by atoms with Crippen molar-refractivity contribution in [1.82, 2.24) is 9.97 Å². The largest absolute Gasteiger partial charge is 0.544 e. The van der Waals surface area contributed by atoms with Gasteiger partial charge in [0, 0.05) is 11.4 Å². The second kappa shape index (κ2) is 3.06. The smallest absolute Gasteiger partial charge is 0.474 e. The zero-order valence-corrected chi connectivity index (χ0v) is 8.47. The maximum atomic E-state index is 5.24. The molecule has 2 saturated heterocycles. The molecule has 0 saturated carbocycles. The van der Waals surface area contributed by atoms with E-state index in [1.807, 2.05) is 19.9 Å². The van der Waals surface area contributed by atoms with E-state index in [0.717, 1.165) is 11.4 Å². The number of hydrogen-bond donors (Lipinski definition) is 0. The van der Waals surface area contributed by atoms with Crippen molar-refractivity contribution in [2.24, 2.45) is 4.99 Å². The molecule has 0 aliphatic carbocycles. The Hall–Kier alpha value is -1.36. The average molecular weight is 200 g/mol. The summed E-state index contributed by atoms with van der Waals surface area (Å²) in [4.78, 5) is 12.6. The van der Waals surface area contributed by atoms with Crippen molar-refractivity contribution in [2.45, 2.75) is 19.8 Å². The molecule has 1 atom stereocenters. The summed E-state index contributed by atoms with van der Waals surface area (Å²) >= 11 is 0. The van der Waals surface area contributed by atoms with Gasteiger partial charge in [-0.2, -0.15) is 4.99 Å². The molecule has 3 rings (SSSR count). The number of aliphatic imine (C=N–C) groups is 1. The summed E-state index contributed by atoms with van der Waals surface area (Å²) in [5.41, 5.74) is 1.82. The molecule has 2 aliphatic heterocycles. The summed E-state index contributed by atoms with van der Waals surface area (Å²) < 4.78 is 10.2. The Kier molecular flexibility index (Phi) is 1.82. The Morgan fingerprint density at radius 1 is 1.40 bits per heavy atom. The van der Waals surface area contributed by atoms with E-state index < -0.39 is 0 Å². The molecule has 1 radical (unpaired) electrons. The molecule has 0 amide bonds. The molecule has 0 aromatic carbocycles. The zero-order valence-electron chi connectivity index (χ0n) is 8.47. The van der Waals surface area contributed by atoms with E-state index >= 15 is 0 Å². The van der Waals surface area contributed by atoms with Gasteiger partial charge in [-0.25, -0.2) is 9.97 Å². The van der Waals surface area contributed by atoms with Gasteiger partial charge in [0.15, 0.2) is 5.80 Å². The van der Waals surface area contributed by atoms with Crippen molar-refractivity contribution >= 4 is 26.1 Å². The van der Waals surface area contributed by atoms with E-state index in [1.54, 1.807) is 7.48 Å². The lowest BCUT2D eigenvalue weighted by atomic mass is 9.65. The van der Waals surface area contributed by atoms with Gasteiger partial charge in [-0.1, -0.05) is 0 Å². The highest BCUT2D eigenvalue weighted by molar-refractivity contribution is 7.04. The molecule has 1 aromatic heterocycles. The van der Waals surface area contributed by atoms with Gasteiger partial charge < -0.3 is 9.31 Å². The van der Waals surface area contributed by atoms with Crippen LogP contribution in [0.3, 0.4) is 0 Å². The molecule has 73 valence electrons. The highest BCUT2D eigenvalue weighted by Crippen LogP contribution is 2.25. The minimum atomic E-state index is -0.00517. The van der Waals surface area contributed by atoms with Crippen LogP contribution in [0.4, 0.5) is 5.95 Å². The first-order valence-corrected chi connectivity index (χ1v) is 4.79. The first-order chi connectivity index (χ1) is 7.22. The molecule has 3 heterocycles. The van der Waals surface area contributed by atoms with E-state index in [-0.39, 0.29) is 12.8 Å². The zero-order chi connectivity index (χ0) is 10.4. The van der Waals surface area contributed by atoms with Crippen molar-refractivity contribution in [3.8, 4) is 0 Å². The normalized spacial score (nSPS) is 24.8. The maximum Gasteiger partial charge on any atom is 0.474 e. The van der Waals surface area contributed by atoms with Crippen LogP contribution in [0.5, 0.6) is 0 Å². The fourth-order valence-corrected chi connectivity index (χ4v) is 1.44. The predicted molar refractivity (Wildman–Crippen MR) is 56.1 cm³/mol. The van der Waals surface area contributed by atoms with Crippen LogP contribution in [0, 0.1) is 13.8 Å². The fourth-order valence-electron chi connectivity index (χ4n) is 1.44. The molecule has 2 fully saturated rings. The quantitative estimate of drug-likeness (QED) is 0.505. The van der Waals surface area contributed by atoms with E-state index in [9.17, 15) is 0 Å². The van der Waals surface area contributed by atoms with E-state index in [0.29, 0.717) is 11.7 Å². The summed E-state index contributed by atoms with van der Waals surface area (Å²) in [5, 5.41) is 0. The van der Waals surface area contributed by atoms with Crippen LogP contribution in [-0.2, 0) is 9.31 Å². The number of hydrogen-bond acceptors (Lipinski definition) is 5. The third-order valence-electron chi connectivity index (χ3n) is 2.21. The summed E-state index contributed by atoms with van der Waals surface area (Å²) in [5.74, 6) is 1.22. The van der Waals surface area contributed by atoms with Gasteiger partial charge in [0.05, 0.1) is 5.90 Å². The van der Waals surface area contributed by atoms with Gasteiger partial charge >= 0.3 is 14.4 Å². The Bertz CT molecular complexity index is 427. The van der Waals surface area contributed by atoms with Crippen LogP contribution in [-0.4, -0.2) is 36.1 Å². The maximum absolute atomic E-state index is 5.24. The van der Waals surface area contributed by atoms with Crippen LogP contribution in [0.2, 0.25) is 0 Å². The lowest BCUT2D eigenvalue weighted by molar-refractivity contribution is 0.513. The second-order valence-corrected chi connectivity index (χ2v) is 3.68. The third-order valence-corrected chi connectivity index (χ3v) is 2.21. The standard InChI is InChI=1S/C8H8B2N3O2/c1-4-3-5(2)12-8(11-4)13-7-10(15-7)6-9-14-6/h3,6H,1-2H3/b13-7+. The van der Waals surface area contributed by atoms with Gasteiger partial charge in [0.1, 0.15) is 0 Å². The van der Waals surface area contributed by atoms with Crippen molar-refractivity contribution in [3.63, 3.8) is 0 Å². The summed E-state index contributed by atoms with van der Waals surface area (Å²) in [6.45, 7) is 3.83. The molecule has 0 N–H and O–H groups in total. The topological polar surface area (TPSA) is 63.2 Å². The summed E-state index contributed by atoms with van der Waals surface area (Å²) in [6, 6.07) is 1.91. The minimum absolute atomic E-state index is 0.00517. The molecule has 1 unspecified atom stereocenters. The van der Waals surface area contributed by atoms with Crippen LogP contribution < -0.4 is 0 Å². The Morgan fingerprint density at radius 2 is 2.07 bits per heavy atom. The van der Waals surface area contributed by atoms with Crippen LogP contribution in [0.1, 0.15) is 11.4 Å². The fraction of sp³-hybridized carbons (Fsp3) is 0.375. The number of nitrogens with zero attached hydrogens (tertiary/aromatic N) is 3. The summed E-state index contributed by atoms with van der Waals surface area (Å²) in [7, 11) is 1.73. The van der Waals surface area contributed by atoms with Gasteiger partial charge in [-0.3, -0.25) is 0 Å². The van der Waals surface area contributed by atoms with E-state index in [2.05, 4.69) is 15.0 Å². The molecular formula is C8H8B2N3O2. The van der Waals surface area contributed by atoms with Gasteiger partial charge in [-0.15, -0.1) is 0 Å². The number of aromatic nitrogens is 2. The van der Waals surface area contributed by atoms with Crippen molar-refractivity contribution in [2.75, 3.05) is 0 Å². The van der Waals surface area contributed by atoms with Gasteiger partial charge in [-0.05, 0) is 19.9 Å². The lowest BCUT2D eigenvalue weighted by Gasteiger charge is -1.95. The SMILES string of the molecule is Cc1cc(C)nc(/N=C2/OB2C2[B]O2)n1. The summed E-state index contributed by atoms with van der Waals surface area (Å²) in [6.07, 6.45) is 0.